The highest BCUT2D eigenvalue weighted by Gasteiger charge is 2.17. The zero-order valence-electron chi connectivity index (χ0n) is 14.3. The summed E-state index contributed by atoms with van der Waals surface area (Å²) in [5.74, 6) is 2.45. The van der Waals surface area contributed by atoms with Gasteiger partial charge >= 0.3 is 0 Å². The van der Waals surface area contributed by atoms with E-state index in [-0.39, 0.29) is 5.92 Å². The summed E-state index contributed by atoms with van der Waals surface area (Å²) >= 11 is 0. The Balaban J connectivity index is 2.01. The number of rotatable bonds is 6. The molecule has 0 radical (unpaired) electrons. The number of hydrogen-bond acceptors (Lipinski definition) is 7. The highest BCUT2D eigenvalue weighted by Crippen LogP contribution is 2.15. The summed E-state index contributed by atoms with van der Waals surface area (Å²) in [7, 11) is 3.89. The molecule has 0 aromatic carbocycles. The fraction of sp³-hybridized carbons (Fsp3) is 0.800. The Hall–Kier alpha value is -1.47. The number of morpholine rings is 1. The van der Waals surface area contributed by atoms with E-state index in [1.54, 1.807) is 0 Å². The largest absolute Gasteiger partial charge is 0.379 e. The van der Waals surface area contributed by atoms with Crippen molar-refractivity contribution in [1.29, 1.82) is 0 Å². The third kappa shape index (κ3) is 4.51. The number of aromatic nitrogens is 3. The van der Waals surface area contributed by atoms with Crippen molar-refractivity contribution >= 4 is 11.9 Å². The first kappa shape index (κ1) is 16.9. The van der Waals surface area contributed by atoms with Gasteiger partial charge in [-0.1, -0.05) is 13.8 Å². The number of hydrogen-bond donors (Lipinski definition) is 1. The predicted octanol–water partition coefficient (Wildman–Crippen LogP) is 1.19. The smallest absolute Gasteiger partial charge is 0.229 e. The summed E-state index contributed by atoms with van der Waals surface area (Å²) in [6.07, 6.45) is 0. The van der Waals surface area contributed by atoms with Crippen molar-refractivity contribution in [2.24, 2.45) is 0 Å². The van der Waals surface area contributed by atoms with Gasteiger partial charge in [0.15, 0.2) is 0 Å². The van der Waals surface area contributed by atoms with E-state index in [1.165, 1.54) is 0 Å². The molecule has 0 saturated carbocycles. The third-order valence-electron chi connectivity index (χ3n) is 3.78. The van der Waals surface area contributed by atoms with E-state index in [9.17, 15) is 0 Å². The first-order chi connectivity index (χ1) is 10.5. The molecule has 7 heteroatoms. The summed E-state index contributed by atoms with van der Waals surface area (Å²) in [6, 6.07) is 0.422. The number of nitrogens with one attached hydrogen (secondary N) is 1. The van der Waals surface area contributed by atoms with Crippen molar-refractivity contribution < 1.29 is 4.74 Å². The van der Waals surface area contributed by atoms with Crippen molar-refractivity contribution in [2.45, 2.75) is 32.7 Å². The molecule has 124 valence electrons. The van der Waals surface area contributed by atoms with Gasteiger partial charge in [0.25, 0.3) is 0 Å². The van der Waals surface area contributed by atoms with E-state index in [4.69, 9.17) is 4.74 Å². The fourth-order valence-electron chi connectivity index (χ4n) is 2.30. The summed E-state index contributed by atoms with van der Waals surface area (Å²) in [4.78, 5) is 17.8. The molecular weight excluding hydrogens is 280 g/mol. The number of ether oxygens (including phenoxy) is 1. The van der Waals surface area contributed by atoms with Crippen LogP contribution in [0.1, 0.15) is 32.5 Å². The minimum atomic E-state index is 0.277. The van der Waals surface area contributed by atoms with Crippen LogP contribution in [0.25, 0.3) is 0 Å². The number of nitrogens with zero attached hydrogens (tertiary/aromatic N) is 5. The third-order valence-corrected chi connectivity index (χ3v) is 3.78. The van der Waals surface area contributed by atoms with Crippen LogP contribution in [0.5, 0.6) is 0 Å². The molecule has 1 saturated heterocycles. The maximum atomic E-state index is 5.40. The van der Waals surface area contributed by atoms with E-state index in [0.717, 1.165) is 38.7 Å². The van der Waals surface area contributed by atoms with Crippen LogP contribution in [0, 0.1) is 0 Å². The molecule has 1 fully saturated rings. The van der Waals surface area contributed by atoms with Gasteiger partial charge in [-0.05, 0) is 6.92 Å². The van der Waals surface area contributed by atoms with Crippen LogP contribution >= 0.6 is 0 Å². The Morgan fingerprint density at radius 3 is 2.41 bits per heavy atom. The predicted molar refractivity (Wildman–Crippen MR) is 88.6 cm³/mol. The minimum Gasteiger partial charge on any atom is -0.379 e. The van der Waals surface area contributed by atoms with Crippen molar-refractivity contribution in [3.8, 4) is 0 Å². The van der Waals surface area contributed by atoms with Gasteiger partial charge in [-0.2, -0.15) is 15.0 Å². The lowest BCUT2D eigenvalue weighted by atomic mass is 10.2. The van der Waals surface area contributed by atoms with Crippen LogP contribution in [-0.2, 0) is 4.74 Å². The van der Waals surface area contributed by atoms with Gasteiger partial charge in [0.05, 0.1) is 13.2 Å². The van der Waals surface area contributed by atoms with Crippen LogP contribution in [0.4, 0.5) is 11.9 Å². The summed E-state index contributed by atoms with van der Waals surface area (Å²) in [5, 5.41) is 3.36. The Morgan fingerprint density at radius 1 is 1.14 bits per heavy atom. The zero-order valence-corrected chi connectivity index (χ0v) is 14.3. The molecular formula is C15H28N6O. The molecule has 22 heavy (non-hydrogen) atoms. The Bertz CT molecular complexity index is 447. The lowest BCUT2D eigenvalue weighted by Crippen LogP contribution is -2.45. The van der Waals surface area contributed by atoms with Crippen molar-refractivity contribution in [1.82, 2.24) is 19.9 Å². The maximum Gasteiger partial charge on any atom is 0.229 e. The van der Waals surface area contributed by atoms with Crippen molar-refractivity contribution in [3.05, 3.63) is 5.82 Å². The van der Waals surface area contributed by atoms with E-state index < -0.39 is 0 Å². The molecule has 2 heterocycles. The average Bonchev–Trinajstić information content (AvgIpc) is 2.53. The quantitative estimate of drug-likeness (QED) is 0.847. The van der Waals surface area contributed by atoms with Gasteiger partial charge in [0, 0.05) is 45.7 Å². The van der Waals surface area contributed by atoms with Gasteiger partial charge in [-0.15, -0.1) is 0 Å². The van der Waals surface area contributed by atoms with Gasteiger partial charge in [-0.3, -0.25) is 4.90 Å². The molecule has 2 rings (SSSR count). The SMILES string of the molecule is CC(C)c1nc(NCC(C)N2CCOCC2)nc(N(C)C)n1. The summed E-state index contributed by atoms with van der Waals surface area (Å²) < 4.78 is 5.40. The van der Waals surface area contributed by atoms with Crippen molar-refractivity contribution in [2.75, 3.05) is 57.2 Å². The number of anilines is 2. The molecule has 0 bridgehead atoms. The molecule has 1 aromatic rings. The average molecular weight is 308 g/mol. The molecule has 7 nitrogen and oxygen atoms in total. The second kappa shape index (κ2) is 7.69. The monoisotopic (exact) mass is 308 g/mol. The molecule has 1 aromatic heterocycles. The minimum absolute atomic E-state index is 0.277. The summed E-state index contributed by atoms with van der Waals surface area (Å²) in [6.45, 7) is 10.8. The molecule has 0 aliphatic carbocycles. The topological polar surface area (TPSA) is 66.4 Å². The lowest BCUT2D eigenvalue weighted by Gasteiger charge is -2.32. The van der Waals surface area contributed by atoms with E-state index in [2.05, 4.69) is 45.9 Å². The summed E-state index contributed by atoms with van der Waals surface area (Å²) in [5.41, 5.74) is 0. The van der Waals surface area contributed by atoms with Crippen LogP contribution in [0.3, 0.4) is 0 Å². The standard InChI is InChI=1S/C15H28N6O/c1-11(2)13-17-14(19-15(18-13)20(4)5)16-10-12(3)21-6-8-22-9-7-21/h11-12H,6-10H2,1-5H3,(H,16,17,18,19). The van der Waals surface area contributed by atoms with Crippen LogP contribution < -0.4 is 10.2 Å². The van der Waals surface area contributed by atoms with Crippen LogP contribution in [-0.4, -0.2) is 72.8 Å². The van der Waals surface area contributed by atoms with E-state index in [0.29, 0.717) is 17.9 Å². The van der Waals surface area contributed by atoms with Gasteiger partial charge in [-0.25, -0.2) is 0 Å². The van der Waals surface area contributed by atoms with E-state index >= 15 is 0 Å². The second-order valence-corrected chi connectivity index (χ2v) is 6.24. The lowest BCUT2D eigenvalue weighted by molar-refractivity contribution is 0.0227. The van der Waals surface area contributed by atoms with Crippen LogP contribution in [0.15, 0.2) is 0 Å². The fourth-order valence-corrected chi connectivity index (χ4v) is 2.30. The first-order valence-electron chi connectivity index (χ1n) is 7.96. The molecule has 0 amide bonds. The Morgan fingerprint density at radius 2 is 1.82 bits per heavy atom. The highest BCUT2D eigenvalue weighted by molar-refractivity contribution is 5.36. The maximum absolute atomic E-state index is 5.40. The molecule has 1 unspecified atom stereocenters. The Labute approximate surface area is 133 Å². The second-order valence-electron chi connectivity index (χ2n) is 6.24. The molecule has 0 spiro atoms. The molecule has 1 N–H and O–H groups in total. The molecule has 1 aliphatic rings. The normalized spacial score (nSPS) is 17.5. The highest BCUT2D eigenvalue weighted by atomic mass is 16.5. The molecule has 1 atom stereocenters. The van der Waals surface area contributed by atoms with Gasteiger partial charge < -0.3 is 15.0 Å². The van der Waals surface area contributed by atoms with E-state index in [1.807, 2.05) is 19.0 Å². The Kier molecular flexibility index (Phi) is 5.90. The van der Waals surface area contributed by atoms with Crippen molar-refractivity contribution in [3.63, 3.8) is 0 Å². The molecule has 1 aliphatic heterocycles. The van der Waals surface area contributed by atoms with Gasteiger partial charge in [0.2, 0.25) is 11.9 Å². The van der Waals surface area contributed by atoms with Gasteiger partial charge in [0.1, 0.15) is 5.82 Å². The first-order valence-corrected chi connectivity index (χ1v) is 7.96. The zero-order chi connectivity index (χ0) is 16.1. The van der Waals surface area contributed by atoms with Crippen LogP contribution in [0.2, 0.25) is 0 Å².